The lowest BCUT2D eigenvalue weighted by Gasteiger charge is -2.07. The molecule has 0 saturated heterocycles. The number of benzene rings is 2. The van der Waals surface area contributed by atoms with E-state index < -0.39 is 5.97 Å². The van der Waals surface area contributed by atoms with Crippen LogP contribution in [0.2, 0.25) is 0 Å². The molecule has 2 aromatic carbocycles. The smallest absolute Gasteiger partial charge is 0.343 e. The van der Waals surface area contributed by atoms with Crippen molar-refractivity contribution < 1.29 is 19.1 Å². The highest BCUT2D eigenvalue weighted by molar-refractivity contribution is 9.10. The lowest BCUT2D eigenvalue weighted by Crippen LogP contribution is -2.08. The minimum Gasteiger partial charge on any atom is -0.496 e. The Kier molecular flexibility index (Phi) is 4.53. The SMILES string of the molecule is COc1ccc(C(=O)Oc2cccc(C=O)c2)cc1Br. The van der Waals surface area contributed by atoms with Crippen LogP contribution in [0.15, 0.2) is 46.9 Å². The van der Waals surface area contributed by atoms with Gasteiger partial charge in [-0.2, -0.15) is 0 Å². The van der Waals surface area contributed by atoms with Gasteiger partial charge in [-0.1, -0.05) is 12.1 Å². The van der Waals surface area contributed by atoms with Crippen LogP contribution in [0.1, 0.15) is 20.7 Å². The molecule has 102 valence electrons. The van der Waals surface area contributed by atoms with Gasteiger partial charge in [0.1, 0.15) is 17.8 Å². The summed E-state index contributed by atoms with van der Waals surface area (Å²) in [6.07, 6.45) is 0.696. The van der Waals surface area contributed by atoms with Crippen molar-refractivity contribution in [1.82, 2.24) is 0 Å². The molecule has 0 atom stereocenters. The molecule has 0 aliphatic carbocycles. The summed E-state index contributed by atoms with van der Waals surface area (Å²) in [5, 5.41) is 0. The molecule has 0 saturated carbocycles. The minimum absolute atomic E-state index is 0.326. The summed E-state index contributed by atoms with van der Waals surface area (Å²) in [5.74, 6) is 0.451. The maximum Gasteiger partial charge on any atom is 0.343 e. The summed E-state index contributed by atoms with van der Waals surface area (Å²) in [6.45, 7) is 0. The number of halogens is 1. The molecule has 0 spiro atoms. The Morgan fingerprint density at radius 3 is 2.65 bits per heavy atom. The Morgan fingerprint density at radius 2 is 2.00 bits per heavy atom. The van der Waals surface area contributed by atoms with Crippen LogP contribution in [-0.4, -0.2) is 19.4 Å². The van der Waals surface area contributed by atoms with Crippen molar-refractivity contribution in [2.45, 2.75) is 0 Å². The van der Waals surface area contributed by atoms with Crippen LogP contribution in [0.25, 0.3) is 0 Å². The molecule has 0 aliphatic heterocycles. The van der Waals surface area contributed by atoms with E-state index in [-0.39, 0.29) is 0 Å². The summed E-state index contributed by atoms with van der Waals surface area (Å²) < 4.78 is 11.0. The predicted octanol–water partition coefficient (Wildman–Crippen LogP) is 3.49. The van der Waals surface area contributed by atoms with Crippen LogP contribution < -0.4 is 9.47 Å². The third-order valence-corrected chi connectivity index (χ3v) is 3.21. The number of rotatable bonds is 4. The second kappa shape index (κ2) is 6.34. The van der Waals surface area contributed by atoms with E-state index in [9.17, 15) is 9.59 Å². The fraction of sp³-hybridized carbons (Fsp3) is 0.0667. The summed E-state index contributed by atoms with van der Waals surface area (Å²) in [5.41, 5.74) is 0.834. The molecule has 0 bridgehead atoms. The second-order valence-electron chi connectivity index (χ2n) is 3.93. The van der Waals surface area contributed by atoms with Crippen molar-refractivity contribution in [2.75, 3.05) is 7.11 Å². The summed E-state index contributed by atoms with van der Waals surface area (Å²) >= 11 is 3.30. The third kappa shape index (κ3) is 3.24. The number of hydrogen-bond donors (Lipinski definition) is 0. The van der Waals surface area contributed by atoms with Gasteiger partial charge in [-0.15, -0.1) is 0 Å². The van der Waals surface area contributed by atoms with Gasteiger partial charge in [-0.05, 0) is 46.3 Å². The molecule has 5 heteroatoms. The van der Waals surface area contributed by atoms with E-state index in [4.69, 9.17) is 9.47 Å². The van der Waals surface area contributed by atoms with Crippen LogP contribution in [0.5, 0.6) is 11.5 Å². The first-order chi connectivity index (χ1) is 9.63. The van der Waals surface area contributed by atoms with Crippen LogP contribution in [0.4, 0.5) is 0 Å². The van der Waals surface area contributed by atoms with Crippen molar-refractivity contribution >= 4 is 28.2 Å². The van der Waals surface area contributed by atoms with Gasteiger partial charge in [-0.3, -0.25) is 4.79 Å². The van der Waals surface area contributed by atoms with Crippen molar-refractivity contribution in [2.24, 2.45) is 0 Å². The number of ether oxygens (including phenoxy) is 2. The Balaban J connectivity index is 2.19. The topological polar surface area (TPSA) is 52.6 Å². The zero-order chi connectivity index (χ0) is 14.5. The Hall–Kier alpha value is -2.14. The van der Waals surface area contributed by atoms with E-state index in [2.05, 4.69) is 15.9 Å². The van der Waals surface area contributed by atoms with Gasteiger partial charge in [0.15, 0.2) is 0 Å². The second-order valence-corrected chi connectivity index (χ2v) is 4.78. The van der Waals surface area contributed by atoms with Gasteiger partial charge >= 0.3 is 5.97 Å². The molecule has 0 heterocycles. The number of esters is 1. The quantitative estimate of drug-likeness (QED) is 0.488. The van der Waals surface area contributed by atoms with E-state index in [0.717, 1.165) is 0 Å². The summed E-state index contributed by atoms with van der Waals surface area (Å²) in [6, 6.07) is 11.3. The molecular weight excluding hydrogens is 324 g/mol. The van der Waals surface area contributed by atoms with Crippen LogP contribution >= 0.6 is 15.9 Å². The molecule has 0 amide bonds. The summed E-state index contributed by atoms with van der Waals surface area (Å²) in [4.78, 5) is 22.7. The summed E-state index contributed by atoms with van der Waals surface area (Å²) in [7, 11) is 1.54. The molecule has 0 aliphatic rings. The number of methoxy groups -OCH3 is 1. The zero-order valence-electron chi connectivity index (χ0n) is 10.6. The first-order valence-corrected chi connectivity index (χ1v) is 6.54. The predicted molar refractivity (Wildman–Crippen MR) is 77.5 cm³/mol. The van der Waals surface area contributed by atoms with Crippen molar-refractivity contribution in [3.8, 4) is 11.5 Å². The van der Waals surface area contributed by atoms with Crippen LogP contribution in [-0.2, 0) is 0 Å². The lowest BCUT2D eigenvalue weighted by molar-refractivity contribution is 0.0734. The zero-order valence-corrected chi connectivity index (χ0v) is 12.2. The third-order valence-electron chi connectivity index (χ3n) is 2.59. The van der Waals surface area contributed by atoms with E-state index in [1.165, 1.54) is 6.07 Å². The lowest BCUT2D eigenvalue weighted by atomic mass is 10.2. The molecule has 20 heavy (non-hydrogen) atoms. The number of hydrogen-bond acceptors (Lipinski definition) is 4. The molecule has 0 fully saturated rings. The molecule has 0 unspecified atom stereocenters. The molecule has 2 aromatic rings. The maximum absolute atomic E-state index is 12.0. The van der Waals surface area contributed by atoms with E-state index >= 15 is 0 Å². The number of carbonyl (C=O) groups is 2. The Morgan fingerprint density at radius 1 is 1.20 bits per heavy atom. The monoisotopic (exact) mass is 334 g/mol. The van der Waals surface area contributed by atoms with Crippen molar-refractivity contribution in [1.29, 1.82) is 0 Å². The standard InChI is InChI=1S/C15H11BrO4/c1-19-14-6-5-11(8-13(14)16)15(18)20-12-4-2-3-10(7-12)9-17/h2-9H,1H3. The van der Waals surface area contributed by atoms with E-state index in [0.29, 0.717) is 33.4 Å². The first-order valence-electron chi connectivity index (χ1n) is 5.75. The van der Waals surface area contributed by atoms with Gasteiger partial charge < -0.3 is 9.47 Å². The average Bonchev–Trinajstić information content (AvgIpc) is 2.47. The largest absolute Gasteiger partial charge is 0.496 e. The number of carbonyl (C=O) groups excluding carboxylic acids is 2. The molecule has 2 rings (SSSR count). The van der Waals surface area contributed by atoms with Crippen LogP contribution in [0.3, 0.4) is 0 Å². The molecule has 4 nitrogen and oxygen atoms in total. The fourth-order valence-electron chi connectivity index (χ4n) is 1.61. The highest BCUT2D eigenvalue weighted by Crippen LogP contribution is 2.26. The highest BCUT2D eigenvalue weighted by Gasteiger charge is 2.11. The van der Waals surface area contributed by atoms with Gasteiger partial charge in [-0.25, -0.2) is 4.79 Å². The van der Waals surface area contributed by atoms with Gasteiger partial charge in [0, 0.05) is 5.56 Å². The molecule has 0 radical (unpaired) electrons. The fourth-order valence-corrected chi connectivity index (χ4v) is 2.15. The molecule has 0 N–H and O–H groups in total. The van der Waals surface area contributed by atoms with Gasteiger partial charge in [0.2, 0.25) is 0 Å². The van der Waals surface area contributed by atoms with Crippen molar-refractivity contribution in [3.05, 3.63) is 58.1 Å². The average molecular weight is 335 g/mol. The maximum atomic E-state index is 12.0. The van der Waals surface area contributed by atoms with Gasteiger partial charge in [0.05, 0.1) is 17.1 Å². The Labute approximate surface area is 124 Å². The van der Waals surface area contributed by atoms with Crippen LogP contribution in [0, 0.1) is 0 Å². The van der Waals surface area contributed by atoms with E-state index in [1.54, 1.807) is 43.5 Å². The molecule has 0 aromatic heterocycles. The van der Waals surface area contributed by atoms with Crippen molar-refractivity contribution in [3.63, 3.8) is 0 Å². The first kappa shape index (κ1) is 14.3. The Bertz CT molecular complexity index is 652. The molecular formula is C15H11BrO4. The highest BCUT2D eigenvalue weighted by atomic mass is 79.9. The van der Waals surface area contributed by atoms with Gasteiger partial charge in [0.25, 0.3) is 0 Å². The minimum atomic E-state index is -0.503. The normalized spacial score (nSPS) is 9.90. The number of aldehydes is 1. The van der Waals surface area contributed by atoms with E-state index in [1.807, 2.05) is 0 Å².